The Morgan fingerprint density at radius 2 is 2.21 bits per heavy atom. The lowest BCUT2D eigenvalue weighted by molar-refractivity contribution is 0.0611. The molecule has 0 aromatic heterocycles. The molecule has 1 fully saturated rings. The summed E-state index contributed by atoms with van der Waals surface area (Å²) in [6, 6.07) is 0.220. The minimum Gasteiger partial charge on any atom is -0.447 e. The molecule has 1 aliphatic heterocycles. The van der Waals surface area contributed by atoms with Crippen molar-refractivity contribution in [3.8, 4) is 0 Å². The fourth-order valence-electron chi connectivity index (χ4n) is 1.61. The van der Waals surface area contributed by atoms with E-state index in [1.165, 1.54) is 0 Å². The molecular weight excluding hydrogens is 180 g/mol. The summed E-state index contributed by atoms with van der Waals surface area (Å²) in [5.74, 6) is 0.364. The van der Waals surface area contributed by atoms with E-state index in [1.54, 1.807) is 4.90 Å². The maximum Gasteiger partial charge on any atom is 0.410 e. The predicted molar refractivity (Wildman–Crippen MR) is 54.9 cm³/mol. The van der Waals surface area contributed by atoms with Crippen molar-refractivity contribution in [3.63, 3.8) is 0 Å². The zero-order chi connectivity index (χ0) is 10.7. The lowest BCUT2D eigenvalue weighted by Crippen LogP contribution is -2.48. The van der Waals surface area contributed by atoms with E-state index in [0.717, 1.165) is 13.0 Å². The molecule has 0 aliphatic carbocycles. The number of hydrogen-bond acceptors (Lipinski definition) is 3. The summed E-state index contributed by atoms with van der Waals surface area (Å²) in [4.78, 5) is 13.3. The van der Waals surface area contributed by atoms with E-state index < -0.39 is 0 Å². The zero-order valence-electron chi connectivity index (χ0n) is 9.19. The van der Waals surface area contributed by atoms with Crippen molar-refractivity contribution in [3.05, 3.63) is 0 Å². The average molecular weight is 200 g/mol. The molecule has 2 N–H and O–H groups in total. The highest BCUT2D eigenvalue weighted by Crippen LogP contribution is 2.15. The number of rotatable bonds is 1. The molecule has 0 spiro atoms. The standard InChI is InChI=1S/C10H20N2O2/c1-7(2)14-10(13)12-5-4-9(11)8(3)6-12/h7-9H,4-6,11H2,1-3H3. The summed E-state index contributed by atoms with van der Waals surface area (Å²) in [5.41, 5.74) is 5.86. The first-order valence-corrected chi connectivity index (χ1v) is 5.22. The molecule has 0 bridgehead atoms. The minimum absolute atomic E-state index is 0.0478. The van der Waals surface area contributed by atoms with Crippen molar-refractivity contribution in [1.82, 2.24) is 4.90 Å². The molecule has 1 saturated heterocycles. The third-order valence-electron chi connectivity index (χ3n) is 2.57. The third-order valence-corrected chi connectivity index (χ3v) is 2.57. The fourth-order valence-corrected chi connectivity index (χ4v) is 1.61. The summed E-state index contributed by atoms with van der Waals surface area (Å²) < 4.78 is 5.12. The third kappa shape index (κ3) is 2.87. The summed E-state index contributed by atoms with van der Waals surface area (Å²) in [6.45, 7) is 7.22. The van der Waals surface area contributed by atoms with Crippen LogP contribution >= 0.6 is 0 Å². The average Bonchev–Trinajstić information content (AvgIpc) is 2.08. The van der Waals surface area contributed by atoms with Gasteiger partial charge in [0.1, 0.15) is 0 Å². The van der Waals surface area contributed by atoms with Crippen LogP contribution in [0.3, 0.4) is 0 Å². The van der Waals surface area contributed by atoms with Gasteiger partial charge in [0.05, 0.1) is 6.10 Å². The van der Waals surface area contributed by atoms with Crippen LogP contribution in [0.25, 0.3) is 0 Å². The van der Waals surface area contributed by atoms with Gasteiger partial charge in [-0.2, -0.15) is 0 Å². The SMILES string of the molecule is CC(C)OC(=O)N1CCC(N)C(C)C1. The van der Waals surface area contributed by atoms with E-state index in [4.69, 9.17) is 10.5 Å². The Labute approximate surface area is 85.4 Å². The predicted octanol–water partition coefficient (Wildman–Crippen LogP) is 1.20. The summed E-state index contributed by atoms with van der Waals surface area (Å²) in [7, 11) is 0. The quantitative estimate of drug-likeness (QED) is 0.692. The topological polar surface area (TPSA) is 55.6 Å². The number of carbonyl (C=O) groups is 1. The summed E-state index contributed by atoms with van der Waals surface area (Å²) >= 11 is 0. The Hall–Kier alpha value is -0.770. The Kier molecular flexibility index (Phi) is 3.75. The van der Waals surface area contributed by atoms with Crippen LogP contribution in [0.5, 0.6) is 0 Å². The maximum atomic E-state index is 11.5. The van der Waals surface area contributed by atoms with Crippen molar-refractivity contribution in [2.24, 2.45) is 11.7 Å². The maximum absolute atomic E-state index is 11.5. The molecule has 1 rings (SSSR count). The Morgan fingerprint density at radius 3 is 2.71 bits per heavy atom. The van der Waals surface area contributed by atoms with Gasteiger partial charge in [-0.15, -0.1) is 0 Å². The molecule has 2 atom stereocenters. The second-order valence-electron chi connectivity index (χ2n) is 4.31. The number of carbonyl (C=O) groups excluding carboxylic acids is 1. The first-order chi connectivity index (χ1) is 6.50. The van der Waals surface area contributed by atoms with Gasteiger partial charge in [0.2, 0.25) is 0 Å². The molecular formula is C10H20N2O2. The number of piperidine rings is 1. The van der Waals surface area contributed by atoms with Crippen molar-refractivity contribution >= 4 is 6.09 Å². The summed E-state index contributed by atoms with van der Waals surface area (Å²) in [6.07, 6.45) is 0.612. The van der Waals surface area contributed by atoms with Crippen LogP contribution in [0, 0.1) is 5.92 Å². The van der Waals surface area contributed by atoms with Crippen molar-refractivity contribution < 1.29 is 9.53 Å². The van der Waals surface area contributed by atoms with Crippen LogP contribution < -0.4 is 5.73 Å². The van der Waals surface area contributed by atoms with E-state index in [-0.39, 0.29) is 18.2 Å². The van der Waals surface area contributed by atoms with E-state index in [2.05, 4.69) is 6.92 Å². The van der Waals surface area contributed by atoms with Crippen molar-refractivity contribution in [1.29, 1.82) is 0 Å². The van der Waals surface area contributed by atoms with E-state index in [0.29, 0.717) is 12.5 Å². The second-order valence-corrected chi connectivity index (χ2v) is 4.31. The second kappa shape index (κ2) is 4.64. The van der Waals surface area contributed by atoms with E-state index >= 15 is 0 Å². The van der Waals surface area contributed by atoms with Gasteiger partial charge in [0, 0.05) is 19.1 Å². The van der Waals surface area contributed by atoms with Crippen LogP contribution in [-0.4, -0.2) is 36.2 Å². The molecule has 1 heterocycles. The highest BCUT2D eigenvalue weighted by atomic mass is 16.6. The van der Waals surface area contributed by atoms with Gasteiger partial charge in [0.25, 0.3) is 0 Å². The Morgan fingerprint density at radius 1 is 1.57 bits per heavy atom. The van der Waals surface area contributed by atoms with Gasteiger partial charge in [-0.3, -0.25) is 0 Å². The number of ether oxygens (including phenoxy) is 1. The van der Waals surface area contributed by atoms with E-state index in [1.807, 2.05) is 13.8 Å². The molecule has 14 heavy (non-hydrogen) atoms. The molecule has 4 heteroatoms. The number of nitrogens with zero attached hydrogens (tertiary/aromatic N) is 1. The highest BCUT2D eigenvalue weighted by Gasteiger charge is 2.27. The van der Waals surface area contributed by atoms with Crippen LogP contribution in [0.2, 0.25) is 0 Å². The first-order valence-electron chi connectivity index (χ1n) is 5.22. The number of nitrogens with two attached hydrogens (primary N) is 1. The smallest absolute Gasteiger partial charge is 0.410 e. The van der Waals surface area contributed by atoms with Gasteiger partial charge in [-0.25, -0.2) is 4.79 Å². The van der Waals surface area contributed by atoms with Crippen molar-refractivity contribution in [2.75, 3.05) is 13.1 Å². The Balaban J connectivity index is 2.42. The molecule has 0 saturated carbocycles. The first kappa shape index (κ1) is 11.3. The zero-order valence-corrected chi connectivity index (χ0v) is 9.19. The monoisotopic (exact) mass is 200 g/mol. The minimum atomic E-state index is -0.209. The fraction of sp³-hybridized carbons (Fsp3) is 0.900. The van der Waals surface area contributed by atoms with Crippen LogP contribution in [0.15, 0.2) is 0 Å². The normalized spacial score (nSPS) is 27.9. The molecule has 0 aromatic rings. The van der Waals surface area contributed by atoms with Crippen LogP contribution in [0.4, 0.5) is 4.79 Å². The van der Waals surface area contributed by atoms with Gasteiger partial charge in [-0.05, 0) is 26.2 Å². The molecule has 82 valence electrons. The molecule has 4 nitrogen and oxygen atoms in total. The molecule has 2 unspecified atom stereocenters. The van der Waals surface area contributed by atoms with E-state index in [9.17, 15) is 4.79 Å². The van der Waals surface area contributed by atoms with Crippen LogP contribution in [0.1, 0.15) is 27.2 Å². The van der Waals surface area contributed by atoms with Gasteiger partial charge in [0.15, 0.2) is 0 Å². The summed E-state index contributed by atoms with van der Waals surface area (Å²) in [5, 5.41) is 0. The lowest BCUT2D eigenvalue weighted by Gasteiger charge is -2.34. The number of amides is 1. The Bertz CT molecular complexity index is 206. The highest BCUT2D eigenvalue weighted by molar-refractivity contribution is 5.67. The lowest BCUT2D eigenvalue weighted by atomic mass is 9.95. The number of hydrogen-bond donors (Lipinski definition) is 1. The van der Waals surface area contributed by atoms with Gasteiger partial charge < -0.3 is 15.4 Å². The molecule has 0 radical (unpaired) electrons. The van der Waals surface area contributed by atoms with Gasteiger partial charge >= 0.3 is 6.09 Å². The molecule has 1 amide bonds. The number of likely N-dealkylation sites (tertiary alicyclic amines) is 1. The van der Waals surface area contributed by atoms with Crippen LogP contribution in [-0.2, 0) is 4.74 Å². The molecule has 1 aliphatic rings. The van der Waals surface area contributed by atoms with Crippen molar-refractivity contribution in [2.45, 2.75) is 39.3 Å². The molecule has 0 aromatic carbocycles. The van der Waals surface area contributed by atoms with Gasteiger partial charge in [-0.1, -0.05) is 6.92 Å². The largest absolute Gasteiger partial charge is 0.447 e.